The van der Waals surface area contributed by atoms with Crippen LogP contribution < -0.4 is 5.32 Å². The second-order valence-electron chi connectivity index (χ2n) is 5.07. The molecule has 0 unspecified atom stereocenters. The second kappa shape index (κ2) is 9.40. The molecule has 0 aliphatic heterocycles. The number of benzene rings is 1. The van der Waals surface area contributed by atoms with E-state index in [-0.39, 0.29) is 11.9 Å². The molecule has 0 bridgehead atoms. The Labute approximate surface area is 128 Å². The first kappa shape index (κ1) is 17.5. The third-order valence-corrected chi connectivity index (χ3v) is 3.69. The van der Waals surface area contributed by atoms with Crippen molar-refractivity contribution in [3.05, 3.63) is 29.8 Å². The van der Waals surface area contributed by atoms with E-state index in [4.69, 9.17) is 4.74 Å². The van der Waals surface area contributed by atoms with Gasteiger partial charge >= 0.3 is 0 Å². The number of methoxy groups -OCH3 is 1. The Morgan fingerprint density at radius 2 is 1.81 bits per heavy atom. The number of nitrogens with one attached hydrogen (secondary N) is 1. The van der Waals surface area contributed by atoms with Crippen LogP contribution in [0, 0.1) is 0 Å². The molecule has 1 amide bonds. The molecule has 0 spiro atoms. The van der Waals surface area contributed by atoms with Crippen LogP contribution in [-0.2, 0) is 4.74 Å². The zero-order valence-electron chi connectivity index (χ0n) is 13.7. The average Bonchev–Trinajstić information content (AvgIpc) is 2.52. The van der Waals surface area contributed by atoms with Crippen molar-refractivity contribution >= 4 is 11.6 Å². The molecule has 0 atom stereocenters. The van der Waals surface area contributed by atoms with E-state index in [1.807, 2.05) is 29.2 Å². The van der Waals surface area contributed by atoms with Gasteiger partial charge in [-0.1, -0.05) is 13.8 Å². The molecule has 0 heterocycles. The molecule has 4 heteroatoms. The van der Waals surface area contributed by atoms with Gasteiger partial charge in [0.15, 0.2) is 0 Å². The summed E-state index contributed by atoms with van der Waals surface area (Å²) in [5.74, 6) is 0.0869. The SMILES string of the molecule is CCNc1ccc(C(=O)N(CCOC)C(CC)CC)cc1. The fraction of sp³-hybridized carbons (Fsp3) is 0.588. The van der Waals surface area contributed by atoms with Crippen LogP contribution in [0.25, 0.3) is 0 Å². The molecular weight excluding hydrogens is 264 g/mol. The van der Waals surface area contributed by atoms with Crippen LogP contribution in [-0.4, -0.2) is 43.7 Å². The van der Waals surface area contributed by atoms with Gasteiger partial charge in [-0.25, -0.2) is 0 Å². The van der Waals surface area contributed by atoms with Crippen molar-refractivity contribution in [1.29, 1.82) is 0 Å². The van der Waals surface area contributed by atoms with Crippen LogP contribution in [0.2, 0.25) is 0 Å². The number of hydrogen-bond donors (Lipinski definition) is 1. The summed E-state index contributed by atoms with van der Waals surface area (Å²) >= 11 is 0. The number of carbonyl (C=O) groups excluding carboxylic acids is 1. The molecule has 0 saturated carbocycles. The molecule has 1 rings (SSSR count). The molecule has 1 aromatic rings. The van der Waals surface area contributed by atoms with Gasteiger partial charge < -0.3 is 15.0 Å². The normalized spacial score (nSPS) is 10.7. The lowest BCUT2D eigenvalue weighted by atomic mass is 10.1. The van der Waals surface area contributed by atoms with Gasteiger partial charge in [-0.15, -0.1) is 0 Å². The quantitative estimate of drug-likeness (QED) is 0.758. The molecule has 0 fully saturated rings. The van der Waals surface area contributed by atoms with E-state index in [1.54, 1.807) is 7.11 Å². The topological polar surface area (TPSA) is 41.6 Å². The minimum Gasteiger partial charge on any atom is -0.385 e. The number of nitrogens with zero attached hydrogens (tertiary/aromatic N) is 1. The molecule has 4 nitrogen and oxygen atoms in total. The van der Waals surface area contributed by atoms with E-state index in [1.165, 1.54) is 0 Å². The van der Waals surface area contributed by atoms with Crippen LogP contribution in [0.1, 0.15) is 44.0 Å². The van der Waals surface area contributed by atoms with Gasteiger partial charge in [-0.3, -0.25) is 4.79 Å². The van der Waals surface area contributed by atoms with E-state index < -0.39 is 0 Å². The summed E-state index contributed by atoms with van der Waals surface area (Å²) < 4.78 is 5.14. The standard InChI is InChI=1S/C17H28N2O2/c1-5-16(6-2)19(12-13-21-4)17(20)14-8-10-15(11-9-14)18-7-3/h8-11,16,18H,5-7,12-13H2,1-4H3. The molecule has 0 aliphatic rings. The van der Waals surface area contributed by atoms with Crippen LogP contribution in [0.4, 0.5) is 5.69 Å². The highest BCUT2D eigenvalue weighted by Gasteiger charge is 2.21. The highest BCUT2D eigenvalue weighted by Crippen LogP contribution is 2.16. The van der Waals surface area contributed by atoms with Crippen molar-refractivity contribution in [2.45, 2.75) is 39.7 Å². The Kier molecular flexibility index (Phi) is 7.83. The molecule has 0 aliphatic carbocycles. The van der Waals surface area contributed by atoms with Gasteiger partial charge in [0, 0.05) is 37.5 Å². The summed E-state index contributed by atoms with van der Waals surface area (Å²) in [7, 11) is 1.67. The van der Waals surface area contributed by atoms with Gasteiger partial charge in [0.25, 0.3) is 5.91 Å². The van der Waals surface area contributed by atoms with Crippen molar-refractivity contribution in [3.63, 3.8) is 0 Å². The first-order chi connectivity index (χ1) is 10.2. The zero-order valence-corrected chi connectivity index (χ0v) is 13.7. The van der Waals surface area contributed by atoms with Gasteiger partial charge in [-0.2, -0.15) is 0 Å². The average molecular weight is 292 g/mol. The van der Waals surface area contributed by atoms with Crippen LogP contribution >= 0.6 is 0 Å². The monoisotopic (exact) mass is 292 g/mol. The third-order valence-electron chi connectivity index (χ3n) is 3.69. The Hall–Kier alpha value is -1.55. The maximum Gasteiger partial charge on any atom is 0.254 e. The maximum atomic E-state index is 12.7. The third kappa shape index (κ3) is 5.05. The highest BCUT2D eigenvalue weighted by molar-refractivity contribution is 5.94. The van der Waals surface area contributed by atoms with Crippen LogP contribution in [0.5, 0.6) is 0 Å². The predicted molar refractivity (Wildman–Crippen MR) is 87.9 cm³/mol. The minimum atomic E-state index is 0.0869. The molecule has 21 heavy (non-hydrogen) atoms. The fourth-order valence-corrected chi connectivity index (χ4v) is 2.47. The summed E-state index contributed by atoms with van der Waals surface area (Å²) in [4.78, 5) is 14.7. The van der Waals surface area contributed by atoms with E-state index in [2.05, 4.69) is 26.1 Å². The Bertz CT molecular complexity index is 413. The minimum absolute atomic E-state index is 0.0869. The van der Waals surface area contributed by atoms with Crippen molar-refractivity contribution in [2.75, 3.05) is 32.1 Å². The lowest BCUT2D eigenvalue weighted by Crippen LogP contribution is -2.41. The highest BCUT2D eigenvalue weighted by atomic mass is 16.5. The van der Waals surface area contributed by atoms with Gasteiger partial charge in [0.05, 0.1) is 6.61 Å². The van der Waals surface area contributed by atoms with Crippen molar-refractivity contribution in [1.82, 2.24) is 4.90 Å². The van der Waals surface area contributed by atoms with Crippen molar-refractivity contribution in [3.8, 4) is 0 Å². The zero-order chi connectivity index (χ0) is 15.7. The second-order valence-corrected chi connectivity index (χ2v) is 5.07. The van der Waals surface area contributed by atoms with E-state index in [0.29, 0.717) is 13.2 Å². The first-order valence-electron chi connectivity index (χ1n) is 7.81. The fourth-order valence-electron chi connectivity index (χ4n) is 2.47. The summed E-state index contributed by atoms with van der Waals surface area (Å²) in [6.45, 7) is 8.37. The molecular formula is C17H28N2O2. The Morgan fingerprint density at radius 3 is 2.29 bits per heavy atom. The van der Waals surface area contributed by atoms with E-state index >= 15 is 0 Å². The summed E-state index contributed by atoms with van der Waals surface area (Å²) in [5, 5.41) is 3.24. The van der Waals surface area contributed by atoms with E-state index in [0.717, 1.165) is 30.6 Å². The Balaban J connectivity index is 2.87. The number of anilines is 1. The summed E-state index contributed by atoms with van der Waals surface area (Å²) in [6, 6.07) is 7.96. The largest absolute Gasteiger partial charge is 0.385 e. The van der Waals surface area contributed by atoms with Crippen LogP contribution in [0.15, 0.2) is 24.3 Å². The van der Waals surface area contributed by atoms with Crippen molar-refractivity contribution in [2.24, 2.45) is 0 Å². The Morgan fingerprint density at radius 1 is 1.19 bits per heavy atom. The van der Waals surface area contributed by atoms with Gasteiger partial charge in [0.1, 0.15) is 0 Å². The number of carbonyl (C=O) groups is 1. The van der Waals surface area contributed by atoms with Crippen molar-refractivity contribution < 1.29 is 9.53 Å². The first-order valence-corrected chi connectivity index (χ1v) is 7.81. The maximum absolute atomic E-state index is 12.7. The lowest BCUT2D eigenvalue weighted by molar-refractivity contribution is 0.0589. The number of rotatable bonds is 9. The number of hydrogen-bond acceptors (Lipinski definition) is 3. The number of amides is 1. The summed E-state index contributed by atoms with van der Waals surface area (Å²) in [6.07, 6.45) is 1.92. The van der Waals surface area contributed by atoms with Crippen LogP contribution in [0.3, 0.4) is 0 Å². The van der Waals surface area contributed by atoms with Gasteiger partial charge in [-0.05, 0) is 44.0 Å². The number of ether oxygens (including phenoxy) is 1. The summed E-state index contributed by atoms with van der Waals surface area (Å²) in [5.41, 5.74) is 1.78. The molecule has 0 aromatic heterocycles. The molecule has 1 aromatic carbocycles. The molecule has 0 saturated heterocycles. The molecule has 118 valence electrons. The lowest BCUT2D eigenvalue weighted by Gasteiger charge is -2.30. The van der Waals surface area contributed by atoms with E-state index in [9.17, 15) is 4.79 Å². The van der Waals surface area contributed by atoms with Gasteiger partial charge in [0.2, 0.25) is 0 Å². The predicted octanol–water partition coefficient (Wildman–Crippen LogP) is 3.40. The smallest absolute Gasteiger partial charge is 0.254 e. The molecule has 1 N–H and O–H groups in total. The molecule has 0 radical (unpaired) electrons.